The van der Waals surface area contributed by atoms with Crippen LogP contribution in [0.25, 0.3) is 0 Å². The van der Waals surface area contributed by atoms with Crippen molar-refractivity contribution in [2.45, 2.75) is 6.42 Å². The van der Waals surface area contributed by atoms with Crippen LogP contribution in [0, 0.1) is 5.92 Å². The minimum Gasteiger partial charge on any atom is -0.294 e. The molecule has 0 aliphatic carbocycles. The highest BCUT2D eigenvalue weighted by molar-refractivity contribution is 9.10. The van der Waals surface area contributed by atoms with Crippen LogP contribution in [0.4, 0.5) is 0 Å². The summed E-state index contributed by atoms with van der Waals surface area (Å²) < 4.78 is 0.958. The lowest BCUT2D eigenvalue weighted by atomic mass is 9.99. The lowest BCUT2D eigenvalue weighted by Crippen LogP contribution is -2.13. The van der Waals surface area contributed by atoms with Gasteiger partial charge >= 0.3 is 0 Å². The Morgan fingerprint density at radius 3 is 2.92 bits per heavy atom. The second-order valence-electron chi connectivity index (χ2n) is 3.06. The monoisotopic (exact) mass is 276 g/mol. The smallest absolute Gasteiger partial charge is 0.168 e. The summed E-state index contributed by atoms with van der Waals surface area (Å²) in [7, 11) is 0. The number of ketones is 1. The summed E-state index contributed by atoms with van der Waals surface area (Å²) in [6, 6.07) is 0. The molecule has 1 unspecified atom stereocenters. The summed E-state index contributed by atoms with van der Waals surface area (Å²) in [5.41, 5.74) is 0.873. The van der Waals surface area contributed by atoms with Crippen molar-refractivity contribution in [2.75, 3.05) is 11.5 Å². The number of hydrogen-bond acceptors (Lipinski definition) is 3. The number of hydrogen-bond donors (Lipinski definition) is 0. The van der Waals surface area contributed by atoms with E-state index >= 15 is 0 Å². The van der Waals surface area contributed by atoms with E-state index in [4.69, 9.17) is 0 Å². The SMILES string of the molecule is O=C(c1cscc1Br)C1CCSC1. The van der Waals surface area contributed by atoms with Crippen molar-refractivity contribution >= 4 is 44.8 Å². The van der Waals surface area contributed by atoms with Gasteiger partial charge in [0.15, 0.2) is 5.78 Å². The summed E-state index contributed by atoms with van der Waals surface area (Å²) >= 11 is 6.86. The second-order valence-corrected chi connectivity index (χ2v) is 5.81. The van der Waals surface area contributed by atoms with Crippen LogP contribution in [-0.4, -0.2) is 17.3 Å². The molecule has 0 aromatic carbocycles. The fourth-order valence-corrected chi connectivity index (χ4v) is 4.12. The average Bonchev–Trinajstić information content (AvgIpc) is 2.72. The van der Waals surface area contributed by atoms with E-state index in [1.807, 2.05) is 22.5 Å². The Hall–Kier alpha value is 0.200. The van der Waals surface area contributed by atoms with Gasteiger partial charge in [-0.3, -0.25) is 4.79 Å². The van der Waals surface area contributed by atoms with Crippen LogP contribution in [0.1, 0.15) is 16.8 Å². The fourth-order valence-electron chi connectivity index (χ4n) is 1.42. The molecular formula is C9H9BrOS2. The maximum Gasteiger partial charge on any atom is 0.168 e. The Balaban J connectivity index is 2.17. The third-order valence-corrected chi connectivity index (χ3v) is 5.05. The summed E-state index contributed by atoms with van der Waals surface area (Å²) in [4.78, 5) is 11.9. The van der Waals surface area contributed by atoms with Crippen LogP contribution in [0.5, 0.6) is 0 Å². The molecule has 2 rings (SSSR count). The van der Waals surface area contributed by atoms with Gasteiger partial charge in [0.25, 0.3) is 0 Å². The molecule has 1 aromatic heterocycles. The minimum atomic E-state index is 0.260. The normalized spacial score (nSPS) is 22.1. The minimum absolute atomic E-state index is 0.260. The summed E-state index contributed by atoms with van der Waals surface area (Å²) in [5, 5.41) is 3.91. The Morgan fingerprint density at radius 1 is 1.54 bits per heavy atom. The van der Waals surface area contributed by atoms with Gasteiger partial charge < -0.3 is 0 Å². The van der Waals surface area contributed by atoms with Crippen molar-refractivity contribution in [3.05, 3.63) is 20.8 Å². The molecule has 1 nitrogen and oxygen atoms in total. The highest BCUT2D eigenvalue weighted by Gasteiger charge is 2.25. The molecule has 0 spiro atoms. The van der Waals surface area contributed by atoms with E-state index in [2.05, 4.69) is 15.9 Å². The van der Waals surface area contributed by atoms with E-state index < -0.39 is 0 Å². The third kappa shape index (κ3) is 2.00. The molecule has 0 N–H and O–H groups in total. The summed E-state index contributed by atoms with van der Waals surface area (Å²) in [6.45, 7) is 0. The molecule has 0 bridgehead atoms. The van der Waals surface area contributed by atoms with E-state index in [-0.39, 0.29) is 5.92 Å². The zero-order valence-corrected chi connectivity index (χ0v) is 10.2. The molecule has 1 atom stereocenters. The summed E-state index contributed by atoms with van der Waals surface area (Å²) in [6.07, 6.45) is 1.05. The first kappa shape index (κ1) is 9.74. The van der Waals surface area contributed by atoms with Gasteiger partial charge in [-0.05, 0) is 28.1 Å². The van der Waals surface area contributed by atoms with Crippen LogP contribution < -0.4 is 0 Å². The molecule has 0 saturated carbocycles. The molecule has 13 heavy (non-hydrogen) atoms. The topological polar surface area (TPSA) is 17.1 Å². The highest BCUT2D eigenvalue weighted by atomic mass is 79.9. The maximum atomic E-state index is 11.9. The number of thiophene rings is 1. The van der Waals surface area contributed by atoms with E-state index in [1.165, 1.54) is 0 Å². The predicted octanol–water partition coefficient (Wildman–Crippen LogP) is 3.45. The number of carbonyl (C=O) groups is 1. The average molecular weight is 277 g/mol. The Morgan fingerprint density at radius 2 is 2.38 bits per heavy atom. The lowest BCUT2D eigenvalue weighted by molar-refractivity contribution is 0.0933. The van der Waals surface area contributed by atoms with E-state index in [0.29, 0.717) is 5.78 Å². The molecule has 0 amide bonds. The van der Waals surface area contributed by atoms with Crippen molar-refractivity contribution in [3.63, 3.8) is 0 Å². The Kier molecular flexibility index (Phi) is 3.11. The van der Waals surface area contributed by atoms with Gasteiger partial charge in [0.2, 0.25) is 0 Å². The van der Waals surface area contributed by atoms with E-state index in [0.717, 1.165) is 28.0 Å². The number of Topliss-reactive ketones (excluding diaryl/α,β-unsaturated/α-hetero) is 1. The van der Waals surface area contributed by atoms with E-state index in [9.17, 15) is 4.79 Å². The number of halogens is 1. The molecule has 1 saturated heterocycles. The lowest BCUT2D eigenvalue weighted by Gasteiger charge is -2.05. The first-order chi connectivity index (χ1) is 6.29. The Bertz CT molecular complexity index is 315. The van der Waals surface area contributed by atoms with Crippen LogP contribution in [0.15, 0.2) is 15.2 Å². The molecular weight excluding hydrogens is 268 g/mol. The van der Waals surface area contributed by atoms with Gasteiger partial charge in [-0.2, -0.15) is 23.1 Å². The zero-order valence-electron chi connectivity index (χ0n) is 6.96. The maximum absolute atomic E-state index is 11.9. The zero-order chi connectivity index (χ0) is 9.26. The van der Waals surface area contributed by atoms with Crippen molar-refractivity contribution < 1.29 is 4.79 Å². The fraction of sp³-hybridized carbons (Fsp3) is 0.444. The van der Waals surface area contributed by atoms with Crippen LogP contribution >= 0.6 is 39.0 Å². The third-order valence-electron chi connectivity index (χ3n) is 2.18. The predicted molar refractivity (Wildman–Crippen MR) is 61.8 cm³/mol. The molecule has 0 radical (unpaired) electrons. The second kappa shape index (κ2) is 4.15. The Labute approximate surface area is 94.0 Å². The first-order valence-corrected chi connectivity index (χ1v) is 7.01. The quantitative estimate of drug-likeness (QED) is 0.770. The van der Waals surface area contributed by atoms with Crippen molar-refractivity contribution in [2.24, 2.45) is 5.92 Å². The number of thioether (sulfide) groups is 1. The first-order valence-electron chi connectivity index (χ1n) is 4.12. The van der Waals surface area contributed by atoms with Gasteiger partial charge in [0.1, 0.15) is 0 Å². The molecule has 1 aliphatic heterocycles. The number of rotatable bonds is 2. The molecule has 70 valence electrons. The van der Waals surface area contributed by atoms with Crippen LogP contribution in [0.3, 0.4) is 0 Å². The van der Waals surface area contributed by atoms with Crippen LogP contribution in [0.2, 0.25) is 0 Å². The van der Waals surface area contributed by atoms with Crippen LogP contribution in [-0.2, 0) is 0 Å². The van der Waals surface area contributed by atoms with Gasteiger partial charge in [0, 0.05) is 32.5 Å². The highest BCUT2D eigenvalue weighted by Crippen LogP contribution is 2.30. The molecule has 1 aliphatic rings. The van der Waals surface area contributed by atoms with Gasteiger partial charge in [-0.1, -0.05) is 0 Å². The van der Waals surface area contributed by atoms with Crippen molar-refractivity contribution in [3.8, 4) is 0 Å². The van der Waals surface area contributed by atoms with Gasteiger partial charge in [0.05, 0.1) is 0 Å². The molecule has 1 fully saturated rings. The van der Waals surface area contributed by atoms with Gasteiger partial charge in [-0.25, -0.2) is 0 Å². The van der Waals surface area contributed by atoms with Crippen molar-refractivity contribution in [1.82, 2.24) is 0 Å². The molecule has 1 aromatic rings. The summed E-state index contributed by atoms with van der Waals surface area (Å²) in [5.74, 6) is 2.72. The molecule has 2 heterocycles. The largest absolute Gasteiger partial charge is 0.294 e. The van der Waals surface area contributed by atoms with Gasteiger partial charge in [-0.15, -0.1) is 0 Å². The number of carbonyl (C=O) groups excluding carboxylic acids is 1. The van der Waals surface area contributed by atoms with E-state index in [1.54, 1.807) is 11.3 Å². The molecule has 4 heteroatoms. The standard InChI is InChI=1S/C9H9BrOS2/c10-8-5-13-4-7(8)9(11)6-1-2-12-3-6/h4-6H,1-3H2. The van der Waals surface area contributed by atoms with Crippen molar-refractivity contribution in [1.29, 1.82) is 0 Å².